The van der Waals surface area contributed by atoms with Crippen LogP contribution in [-0.4, -0.2) is 14.3 Å². The van der Waals surface area contributed by atoms with Crippen molar-refractivity contribution >= 4 is 14.3 Å². The first kappa shape index (κ1) is 6.15. The molecule has 1 rings (SSSR count). The third-order valence-corrected chi connectivity index (χ3v) is 5.16. The maximum absolute atomic E-state index is 2.41. The molecule has 0 unspecified atom stereocenters. The first-order chi connectivity index (χ1) is 3.80. The van der Waals surface area contributed by atoms with E-state index in [1.54, 1.807) is 4.41 Å². The molecule has 1 heteroatoms. The van der Waals surface area contributed by atoms with Crippen molar-refractivity contribution in [3.8, 4) is 0 Å². The summed E-state index contributed by atoms with van der Waals surface area (Å²) in [6.07, 6.45) is 8.11. The predicted octanol–water partition coefficient (Wildman–Crippen LogP) is 1.90. The molecule has 0 heterocycles. The molecule has 0 aromatic rings. The summed E-state index contributed by atoms with van der Waals surface area (Å²) in [5.74, 6) is 4.82. The summed E-state index contributed by atoms with van der Waals surface area (Å²) in [7, 11) is 0. The summed E-state index contributed by atoms with van der Waals surface area (Å²) in [6.45, 7) is 0. The normalized spacial score (nSPS) is 17.6. The van der Waals surface area contributed by atoms with E-state index in [4.69, 9.17) is 0 Å². The Bertz CT molecular complexity index is 131. The van der Waals surface area contributed by atoms with Crippen LogP contribution in [-0.2, 0) is 0 Å². The SMILES string of the molecule is [CH3][GeH]([CH3])[C]1=CCC=C1. The van der Waals surface area contributed by atoms with Gasteiger partial charge >= 0.3 is 54.9 Å². The van der Waals surface area contributed by atoms with Crippen LogP contribution in [0.2, 0.25) is 11.5 Å². The van der Waals surface area contributed by atoms with Crippen LogP contribution < -0.4 is 0 Å². The van der Waals surface area contributed by atoms with Crippen molar-refractivity contribution in [2.24, 2.45) is 0 Å². The monoisotopic (exact) mass is 170 g/mol. The fraction of sp³-hybridized carbons (Fsp3) is 0.429. The maximum atomic E-state index is 2.41. The summed E-state index contributed by atoms with van der Waals surface area (Å²) in [4.78, 5) is 0. The van der Waals surface area contributed by atoms with Crippen LogP contribution in [0.3, 0.4) is 0 Å². The van der Waals surface area contributed by atoms with Crippen LogP contribution in [0.4, 0.5) is 0 Å². The second-order valence-corrected chi connectivity index (χ2v) is 8.74. The second-order valence-electron chi connectivity index (χ2n) is 2.50. The van der Waals surface area contributed by atoms with Gasteiger partial charge in [0.25, 0.3) is 0 Å². The van der Waals surface area contributed by atoms with Gasteiger partial charge < -0.3 is 0 Å². The van der Waals surface area contributed by atoms with Crippen molar-refractivity contribution in [1.29, 1.82) is 0 Å². The summed E-state index contributed by atoms with van der Waals surface area (Å²) in [6, 6.07) is 0. The molecule has 0 aromatic heterocycles. The van der Waals surface area contributed by atoms with Gasteiger partial charge in [0.05, 0.1) is 0 Å². The van der Waals surface area contributed by atoms with Crippen molar-refractivity contribution in [1.82, 2.24) is 0 Å². The Labute approximate surface area is 55.4 Å². The van der Waals surface area contributed by atoms with Crippen molar-refractivity contribution in [2.75, 3.05) is 0 Å². The molecule has 1 aliphatic rings. The first-order valence-electron chi connectivity index (χ1n) is 3.17. The third kappa shape index (κ3) is 1.25. The van der Waals surface area contributed by atoms with Gasteiger partial charge in [-0.3, -0.25) is 0 Å². The minimum absolute atomic E-state index is 0.856. The average Bonchev–Trinajstić information content (AvgIpc) is 2.12. The van der Waals surface area contributed by atoms with E-state index in [-0.39, 0.29) is 0 Å². The van der Waals surface area contributed by atoms with Gasteiger partial charge in [-0.05, 0) is 0 Å². The molecule has 0 nitrogen and oxygen atoms in total. The minimum atomic E-state index is -0.856. The molecule has 0 amide bonds. The van der Waals surface area contributed by atoms with Gasteiger partial charge in [-0.25, -0.2) is 0 Å². The standard InChI is InChI=1S/C7H12Ge/c1-8(2)7-5-3-4-6-7/h3,5-6,8H,4H2,1-2H3. The van der Waals surface area contributed by atoms with E-state index in [1.807, 2.05) is 0 Å². The molecular formula is C7H12Ge. The zero-order valence-corrected chi connectivity index (χ0v) is 7.94. The van der Waals surface area contributed by atoms with Crippen molar-refractivity contribution in [2.45, 2.75) is 17.9 Å². The van der Waals surface area contributed by atoms with Crippen molar-refractivity contribution in [3.05, 3.63) is 22.6 Å². The molecule has 0 saturated heterocycles. The summed E-state index contributed by atoms with van der Waals surface area (Å²) in [5, 5.41) is 0. The molecule has 0 aliphatic heterocycles. The average molecular weight is 169 g/mol. The third-order valence-electron chi connectivity index (χ3n) is 1.47. The van der Waals surface area contributed by atoms with Gasteiger partial charge in [-0.2, -0.15) is 0 Å². The van der Waals surface area contributed by atoms with Crippen LogP contribution in [0.5, 0.6) is 0 Å². The van der Waals surface area contributed by atoms with E-state index >= 15 is 0 Å². The molecule has 0 saturated carbocycles. The molecule has 0 bridgehead atoms. The molecule has 8 heavy (non-hydrogen) atoms. The number of hydrogen-bond acceptors (Lipinski definition) is 0. The number of rotatable bonds is 1. The van der Waals surface area contributed by atoms with Crippen LogP contribution >= 0.6 is 0 Å². The Morgan fingerprint density at radius 2 is 2.25 bits per heavy atom. The van der Waals surface area contributed by atoms with Gasteiger partial charge in [-0.15, -0.1) is 0 Å². The molecule has 0 aromatic carbocycles. The Morgan fingerprint density at radius 3 is 2.50 bits per heavy atom. The van der Waals surface area contributed by atoms with Gasteiger partial charge in [0.15, 0.2) is 0 Å². The molecular weight excluding hydrogens is 157 g/mol. The second kappa shape index (κ2) is 2.54. The molecule has 0 atom stereocenters. The first-order valence-corrected chi connectivity index (χ1v) is 9.23. The van der Waals surface area contributed by atoms with Crippen LogP contribution in [0.1, 0.15) is 6.42 Å². The van der Waals surface area contributed by atoms with Crippen LogP contribution in [0, 0.1) is 0 Å². The van der Waals surface area contributed by atoms with E-state index in [2.05, 4.69) is 29.7 Å². The Hall–Kier alpha value is 0.0229. The van der Waals surface area contributed by atoms with Crippen molar-refractivity contribution < 1.29 is 0 Å². The topological polar surface area (TPSA) is 0 Å². The van der Waals surface area contributed by atoms with E-state index < -0.39 is 14.3 Å². The van der Waals surface area contributed by atoms with Gasteiger partial charge in [0, 0.05) is 0 Å². The Balaban J connectivity index is 2.58. The van der Waals surface area contributed by atoms with E-state index in [9.17, 15) is 0 Å². The quantitative estimate of drug-likeness (QED) is 0.525. The predicted molar refractivity (Wildman–Crippen MR) is 40.7 cm³/mol. The van der Waals surface area contributed by atoms with Gasteiger partial charge in [0.2, 0.25) is 0 Å². The molecule has 0 N–H and O–H groups in total. The Kier molecular flexibility index (Phi) is 1.95. The zero-order chi connectivity index (χ0) is 5.98. The molecule has 44 valence electrons. The molecule has 0 radical (unpaired) electrons. The van der Waals surface area contributed by atoms with Crippen LogP contribution in [0.15, 0.2) is 22.6 Å². The van der Waals surface area contributed by atoms with E-state index in [1.165, 1.54) is 6.42 Å². The summed E-state index contributed by atoms with van der Waals surface area (Å²) < 4.78 is 1.68. The molecule has 0 spiro atoms. The van der Waals surface area contributed by atoms with E-state index in [0.29, 0.717) is 0 Å². The number of hydrogen-bond donors (Lipinski definition) is 0. The summed E-state index contributed by atoms with van der Waals surface area (Å²) >= 11 is -0.856. The van der Waals surface area contributed by atoms with Crippen molar-refractivity contribution in [3.63, 3.8) is 0 Å². The fourth-order valence-corrected chi connectivity index (χ4v) is 3.27. The fourth-order valence-electron chi connectivity index (χ4n) is 0.904. The molecule has 1 aliphatic carbocycles. The zero-order valence-electron chi connectivity index (χ0n) is 5.52. The Morgan fingerprint density at radius 1 is 1.50 bits per heavy atom. The van der Waals surface area contributed by atoms with Gasteiger partial charge in [-0.1, -0.05) is 0 Å². The summed E-state index contributed by atoms with van der Waals surface area (Å²) in [5.41, 5.74) is 0. The van der Waals surface area contributed by atoms with Gasteiger partial charge in [0.1, 0.15) is 0 Å². The molecule has 0 fully saturated rings. The van der Waals surface area contributed by atoms with Crippen LogP contribution in [0.25, 0.3) is 0 Å². The number of allylic oxidation sites excluding steroid dienone is 4. The van der Waals surface area contributed by atoms with E-state index in [0.717, 1.165) is 0 Å².